The molecule has 16 heavy (non-hydrogen) atoms. The van der Waals surface area contributed by atoms with Gasteiger partial charge < -0.3 is 10.2 Å². The van der Waals surface area contributed by atoms with Crippen molar-refractivity contribution in [1.29, 1.82) is 0 Å². The summed E-state index contributed by atoms with van der Waals surface area (Å²) >= 11 is 0. The van der Waals surface area contributed by atoms with Crippen molar-refractivity contribution in [2.75, 3.05) is 38.7 Å². The zero-order valence-corrected chi connectivity index (χ0v) is 10.7. The van der Waals surface area contributed by atoms with Crippen LogP contribution in [0.25, 0.3) is 0 Å². The topological polar surface area (TPSA) is 61.8 Å². The fourth-order valence-corrected chi connectivity index (χ4v) is 3.60. The maximum absolute atomic E-state index is 11.3. The van der Waals surface area contributed by atoms with Crippen molar-refractivity contribution < 1.29 is 8.42 Å². The van der Waals surface area contributed by atoms with E-state index in [1.807, 2.05) is 7.05 Å². The molecule has 0 unspecified atom stereocenters. The second-order valence-corrected chi connectivity index (χ2v) is 7.19. The van der Waals surface area contributed by atoms with Gasteiger partial charge in [-0.15, -0.1) is 0 Å². The predicted molar refractivity (Wildman–Crippen MR) is 64.3 cm³/mol. The smallest absolute Gasteiger partial charge is 0.193 e. The molecule has 0 radical (unpaired) electrons. The van der Waals surface area contributed by atoms with Gasteiger partial charge in [-0.25, -0.2) is 8.42 Å². The summed E-state index contributed by atoms with van der Waals surface area (Å²) in [6.45, 7) is 2.50. The predicted octanol–water partition coefficient (Wildman–Crippen LogP) is -0.298. The van der Waals surface area contributed by atoms with Crippen molar-refractivity contribution in [1.82, 2.24) is 10.2 Å². The van der Waals surface area contributed by atoms with Gasteiger partial charge >= 0.3 is 0 Å². The zero-order valence-electron chi connectivity index (χ0n) is 9.86. The number of aliphatic imine (C=N–C) groups is 1. The van der Waals surface area contributed by atoms with Crippen LogP contribution in [0.1, 0.15) is 12.8 Å². The minimum Gasteiger partial charge on any atom is -0.356 e. The lowest BCUT2D eigenvalue weighted by Gasteiger charge is -2.19. The summed E-state index contributed by atoms with van der Waals surface area (Å²) in [5.74, 6) is 1.20. The molecule has 1 aliphatic carbocycles. The first-order chi connectivity index (χ1) is 7.40. The monoisotopic (exact) mass is 245 g/mol. The Morgan fingerprint density at radius 3 is 2.62 bits per heavy atom. The van der Waals surface area contributed by atoms with Crippen molar-refractivity contribution in [3.8, 4) is 0 Å². The van der Waals surface area contributed by atoms with E-state index >= 15 is 0 Å². The number of rotatable bonds is 4. The van der Waals surface area contributed by atoms with Gasteiger partial charge in [0.2, 0.25) is 0 Å². The summed E-state index contributed by atoms with van der Waals surface area (Å²) in [5, 5.41) is 3.27. The number of nitrogens with one attached hydrogen (secondary N) is 1. The van der Waals surface area contributed by atoms with Crippen LogP contribution in [-0.4, -0.2) is 58.0 Å². The van der Waals surface area contributed by atoms with Gasteiger partial charge in [-0.3, -0.25) is 4.99 Å². The lowest BCUT2D eigenvalue weighted by molar-refractivity contribution is 0.495. The second-order valence-electron chi connectivity index (χ2n) is 5.05. The summed E-state index contributed by atoms with van der Waals surface area (Å²) in [5.41, 5.74) is -0.0282. The van der Waals surface area contributed by atoms with Crippen molar-refractivity contribution >= 4 is 15.8 Å². The maximum atomic E-state index is 11.3. The highest BCUT2D eigenvalue weighted by molar-refractivity contribution is 7.90. The number of sulfone groups is 1. The zero-order chi connectivity index (χ0) is 11.8. The van der Waals surface area contributed by atoms with Gasteiger partial charge in [0.15, 0.2) is 5.96 Å². The number of hydrogen-bond donors (Lipinski definition) is 1. The lowest BCUT2D eigenvalue weighted by Crippen LogP contribution is -2.40. The van der Waals surface area contributed by atoms with E-state index in [1.54, 1.807) is 0 Å². The van der Waals surface area contributed by atoms with E-state index in [0.29, 0.717) is 5.75 Å². The Kier molecular flexibility index (Phi) is 2.86. The molecule has 6 heteroatoms. The van der Waals surface area contributed by atoms with Crippen LogP contribution >= 0.6 is 0 Å². The third-order valence-electron chi connectivity index (χ3n) is 3.21. The average molecular weight is 245 g/mol. The molecule has 1 saturated carbocycles. The minimum atomic E-state index is -2.87. The maximum Gasteiger partial charge on any atom is 0.193 e. The fraction of sp³-hybridized carbons (Fsp3) is 0.900. The molecule has 2 rings (SSSR count). The van der Waals surface area contributed by atoms with Gasteiger partial charge in [0.05, 0.1) is 12.3 Å². The highest BCUT2D eigenvalue weighted by Gasteiger charge is 2.45. The molecular weight excluding hydrogens is 226 g/mol. The highest BCUT2D eigenvalue weighted by Crippen LogP contribution is 2.46. The van der Waals surface area contributed by atoms with Gasteiger partial charge in [0.25, 0.3) is 0 Å². The molecule has 5 nitrogen and oxygen atoms in total. The van der Waals surface area contributed by atoms with Crippen LogP contribution < -0.4 is 5.32 Å². The number of nitrogens with zero attached hydrogens (tertiary/aromatic N) is 2. The molecule has 1 fully saturated rings. The average Bonchev–Trinajstić information content (AvgIpc) is 2.75. The minimum absolute atomic E-state index is 0.0282. The van der Waals surface area contributed by atoms with Gasteiger partial charge in [-0.05, 0) is 12.8 Å². The van der Waals surface area contributed by atoms with Crippen molar-refractivity contribution in [2.45, 2.75) is 12.8 Å². The summed E-state index contributed by atoms with van der Waals surface area (Å²) in [6, 6.07) is 0. The normalized spacial score (nSPS) is 23.1. The van der Waals surface area contributed by atoms with E-state index in [4.69, 9.17) is 0 Å². The molecule has 0 atom stereocenters. The van der Waals surface area contributed by atoms with Crippen molar-refractivity contribution in [3.63, 3.8) is 0 Å². The molecule has 0 bridgehead atoms. The highest BCUT2D eigenvalue weighted by atomic mass is 32.2. The fourth-order valence-electron chi connectivity index (χ4n) is 2.10. The van der Waals surface area contributed by atoms with Crippen LogP contribution in [0.15, 0.2) is 4.99 Å². The molecule has 0 amide bonds. The first kappa shape index (κ1) is 11.7. The van der Waals surface area contributed by atoms with Crippen LogP contribution in [0, 0.1) is 5.41 Å². The van der Waals surface area contributed by atoms with Crippen molar-refractivity contribution in [3.05, 3.63) is 0 Å². The molecule has 92 valence electrons. The summed E-state index contributed by atoms with van der Waals surface area (Å²) in [4.78, 5) is 6.39. The quantitative estimate of drug-likeness (QED) is 0.739. The van der Waals surface area contributed by atoms with E-state index in [-0.39, 0.29) is 5.41 Å². The SMILES string of the molecule is CN1CCN=C1NCC1(CS(C)(=O)=O)CC1. The summed E-state index contributed by atoms with van der Waals surface area (Å²) in [6.07, 6.45) is 3.32. The first-order valence-electron chi connectivity index (χ1n) is 5.57. The third-order valence-corrected chi connectivity index (χ3v) is 4.34. The molecule has 1 heterocycles. The lowest BCUT2D eigenvalue weighted by atomic mass is 10.1. The van der Waals surface area contributed by atoms with Crippen LogP contribution in [0.5, 0.6) is 0 Å². The Labute approximate surface area is 96.8 Å². The Bertz CT molecular complexity index is 398. The van der Waals surface area contributed by atoms with E-state index in [1.165, 1.54) is 6.26 Å². The van der Waals surface area contributed by atoms with Crippen LogP contribution in [0.3, 0.4) is 0 Å². The Morgan fingerprint density at radius 1 is 1.50 bits per heavy atom. The van der Waals surface area contributed by atoms with E-state index in [2.05, 4.69) is 15.2 Å². The third kappa shape index (κ3) is 2.87. The molecule has 2 aliphatic rings. The molecule has 0 aromatic carbocycles. The van der Waals surface area contributed by atoms with Crippen LogP contribution in [-0.2, 0) is 9.84 Å². The van der Waals surface area contributed by atoms with Crippen LogP contribution in [0.4, 0.5) is 0 Å². The van der Waals surface area contributed by atoms with Gasteiger partial charge in [-0.2, -0.15) is 0 Å². The van der Waals surface area contributed by atoms with E-state index in [0.717, 1.165) is 38.4 Å². The van der Waals surface area contributed by atoms with E-state index in [9.17, 15) is 8.42 Å². The molecule has 1 N–H and O–H groups in total. The van der Waals surface area contributed by atoms with Crippen LogP contribution in [0.2, 0.25) is 0 Å². The van der Waals surface area contributed by atoms with Gasteiger partial charge in [0, 0.05) is 31.8 Å². The molecule has 0 saturated heterocycles. The Balaban J connectivity index is 1.86. The van der Waals surface area contributed by atoms with Crippen molar-refractivity contribution in [2.24, 2.45) is 10.4 Å². The standard InChI is InChI=1S/C10H19N3O2S/c1-13-6-5-11-9(13)12-7-10(3-4-10)8-16(2,14)15/h3-8H2,1-2H3,(H,11,12). The molecule has 0 spiro atoms. The number of guanidine groups is 1. The Morgan fingerprint density at radius 2 is 2.19 bits per heavy atom. The number of hydrogen-bond acceptors (Lipinski definition) is 5. The Hall–Kier alpha value is -0.780. The largest absolute Gasteiger partial charge is 0.356 e. The first-order valence-corrected chi connectivity index (χ1v) is 7.64. The molecule has 1 aliphatic heterocycles. The molecule has 0 aromatic heterocycles. The van der Waals surface area contributed by atoms with E-state index < -0.39 is 9.84 Å². The number of likely N-dealkylation sites (N-methyl/N-ethyl adjacent to an activating group) is 1. The summed E-state index contributed by atoms with van der Waals surface area (Å²) < 4.78 is 22.6. The van der Waals surface area contributed by atoms with Gasteiger partial charge in [-0.1, -0.05) is 0 Å². The molecular formula is C10H19N3O2S. The summed E-state index contributed by atoms with van der Waals surface area (Å²) in [7, 11) is -0.877. The van der Waals surface area contributed by atoms with Gasteiger partial charge in [0.1, 0.15) is 9.84 Å². The second kappa shape index (κ2) is 3.91. The molecule has 0 aromatic rings.